The summed E-state index contributed by atoms with van der Waals surface area (Å²) in [5.41, 5.74) is 2.16. The normalized spacial score (nSPS) is 36.9. The van der Waals surface area contributed by atoms with Crippen LogP contribution in [0.25, 0.3) is 0 Å². The van der Waals surface area contributed by atoms with Crippen molar-refractivity contribution in [1.82, 2.24) is 5.32 Å². The Morgan fingerprint density at radius 3 is 2.75 bits per heavy atom. The summed E-state index contributed by atoms with van der Waals surface area (Å²) in [6.07, 6.45) is 6.89. The van der Waals surface area contributed by atoms with E-state index in [1.165, 1.54) is 5.57 Å². The third-order valence-electron chi connectivity index (χ3n) is 4.47. The number of fused-ring (bicyclic) bond motifs is 1. The predicted octanol–water partition coefficient (Wildman–Crippen LogP) is 0.738. The molecular weight excluding hydrogens is 202 g/mol. The topological polar surface area (TPSA) is 52.5 Å². The maximum atomic E-state index is 10.4. The number of nitrogens with one attached hydrogen (secondary N) is 1. The van der Waals surface area contributed by atoms with E-state index in [1.807, 2.05) is 0 Å². The molecule has 3 rings (SSSR count). The number of piperidine rings is 1. The summed E-state index contributed by atoms with van der Waals surface area (Å²) in [5, 5.41) is 23.8. The smallest absolute Gasteiger partial charge is 0.102 e. The van der Waals surface area contributed by atoms with E-state index in [9.17, 15) is 10.2 Å². The van der Waals surface area contributed by atoms with Gasteiger partial charge in [-0.25, -0.2) is 0 Å². The van der Waals surface area contributed by atoms with Crippen molar-refractivity contribution in [2.75, 3.05) is 13.1 Å². The summed E-state index contributed by atoms with van der Waals surface area (Å²) in [6.45, 7) is 1.88. The molecule has 0 radical (unpaired) electrons. The van der Waals surface area contributed by atoms with Crippen molar-refractivity contribution >= 4 is 0 Å². The Balaban J connectivity index is 2.03. The van der Waals surface area contributed by atoms with Gasteiger partial charge in [0.15, 0.2) is 0 Å². The maximum Gasteiger partial charge on any atom is 0.102 e. The van der Waals surface area contributed by atoms with Crippen molar-refractivity contribution in [2.45, 2.75) is 37.9 Å². The first kappa shape index (κ1) is 10.5. The van der Waals surface area contributed by atoms with Gasteiger partial charge >= 0.3 is 0 Å². The molecule has 1 aliphatic heterocycles. The molecule has 1 saturated heterocycles. The largest absolute Gasteiger partial charge is 0.389 e. The van der Waals surface area contributed by atoms with Gasteiger partial charge in [0.05, 0.1) is 6.10 Å². The quantitative estimate of drug-likeness (QED) is 0.565. The van der Waals surface area contributed by atoms with Crippen LogP contribution in [0.2, 0.25) is 0 Å². The van der Waals surface area contributed by atoms with Crippen LogP contribution in [0, 0.1) is 5.41 Å². The first-order chi connectivity index (χ1) is 7.76. The first-order valence-electron chi connectivity index (χ1n) is 6.23. The van der Waals surface area contributed by atoms with Crippen LogP contribution in [0.1, 0.15) is 25.7 Å². The lowest BCUT2D eigenvalue weighted by Gasteiger charge is -2.39. The lowest BCUT2D eigenvalue weighted by molar-refractivity contribution is -0.0273. The van der Waals surface area contributed by atoms with Crippen LogP contribution in [0.5, 0.6) is 0 Å². The minimum Gasteiger partial charge on any atom is -0.389 e. The molecule has 3 heteroatoms. The van der Waals surface area contributed by atoms with Gasteiger partial charge < -0.3 is 15.5 Å². The SMILES string of the molecule is OC1C2=C(C=CCC2)C2(CCNCC2)C1O. The summed E-state index contributed by atoms with van der Waals surface area (Å²) >= 11 is 0. The molecule has 16 heavy (non-hydrogen) atoms. The number of rotatable bonds is 0. The number of allylic oxidation sites excluding steroid dienone is 2. The van der Waals surface area contributed by atoms with Crippen molar-refractivity contribution in [3.05, 3.63) is 23.3 Å². The molecule has 2 atom stereocenters. The first-order valence-corrected chi connectivity index (χ1v) is 6.23. The van der Waals surface area contributed by atoms with Gasteiger partial charge in [0.25, 0.3) is 0 Å². The third-order valence-corrected chi connectivity index (χ3v) is 4.47. The number of aliphatic hydroxyl groups is 2. The van der Waals surface area contributed by atoms with Crippen LogP contribution in [0.4, 0.5) is 0 Å². The predicted molar refractivity (Wildman–Crippen MR) is 62.0 cm³/mol. The van der Waals surface area contributed by atoms with Crippen molar-refractivity contribution in [3.8, 4) is 0 Å². The van der Waals surface area contributed by atoms with E-state index in [-0.39, 0.29) is 5.41 Å². The van der Waals surface area contributed by atoms with Gasteiger partial charge in [-0.3, -0.25) is 0 Å². The highest BCUT2D eigenvalue weighted by Crippen LogP contribution is 2.51. The van der Waals surface area contributed by atoms with Gasteiger partial charge in [0.2, 0.25) is 0 Å². The Labute approximate surface area is 95.9 Å². The molecule has 2 unspecified atom stereocenters. The fraction of sp³-hybridized carbons (Fsp3) is 0.692. The van der Waals surface area contributed by atoms with E-state index in [0.29, 0.717) is 0 Å². The van der Waals surface area contributed by atoms with Crippen LogP contribution in [-0.2, 0) is 0 Å². The summed E-state index contributed by atoms with van der Waals surface area (Å²) in [5.74, 6) is 0. The lowest BCUT2D eigenvalue weighted by atomic mass is 9.71. The van der Waals surface area contributed by atoms with E-state index in [4.69, 9.17) is 0 Å². The Hall–Kier alpha value is -0.640. The van der Waals surface area contributed by atoms with Crippen LogP contribution in [0.15, 0.2) is 23.3 Å². The molecule has 0 aromatic heterocycles. The molecule has 1 heterocycles. The van der Waals surface area contributed by atoms with Crippen molar-refractivity contribution in [1.29, 1.82) is 0 Å². The van der Waals surface area contributed by atoms with Gasteiger partial charge in [-0.05, 0) is 49.9 Å². The van der Waals surface area contributed by atoms with Crippen molar-refractivity contribution in [2.24, 2.45) is 5.41 Å². The van der Waals surface area contributed by atoms with E-state index < -0.39 is 12.2 Å². The Kier molecular flexibility index (Phi) is 2.42. The molecule has 3 N–H and O–H groups in total. The summed E-state index contributed by atoms with van der Waals surface area (Å²) < 4.78 is 0. The zero-order valence-electron chi connectivity index (χ0n) is 9.45. The number of hydrogen-bond acceptors (Lipinski definition) is 3. The van der Waals surface area contributed by atoms with E-state index in [1.54, 1.807) is 0 Å². The van der Waals surface area contributed by atoms with Crippen LogP contribution in [0.3, 0.4) is 0 Å². The van der Waals surface area contributed by atoms with Crippen LogP contribution < -0.4 is 5.32 Å². The lowest BCUT2D eigenvalue weighted by Crippen LogP contribution is -2.46. The van der Waals surface area contributed by atoms with Gasteiger partial charge in [0, 0.05) is 5.41 Å². The summed E-state index contributed by atoms with van der Waals surface area (Å²) in [4.78, 5) is 0. The Morgan fingerprint density at radius 2 is 2.00 bits per heavy atom. The maximum absolute atomic E-state index is 10.4. The molecule has 1 spiro atoms. The third kappa shape index (κ3) is 1.25. The van der Waals surface area contributed by atoms with Gasteiger partial charge in [-0.1, -0.05) is 12.2 Å². The zero-order valence-corrected chi connectivity index (χ0v) is 9.45. The van der Waals surface area contributed by atoms with E-state index in [2.05, 4.69) is 17.5 Å². The fourth-order valence-corrected chi connectivity index (χ4v) is 3.56. The minimum atomic E-state index is -0.627. The van der Waals surface area contributed by atoms with Gasteiger partial charge in [0.1, 0.15) is 6.10 Å². The minimum absolute atomic E-state index is 0.170. The summed E-state index contributed by atoms with van der Waals surface area (Å²) in [6, 6.07) is 0. The number of hydrogen-bond donors (Lipinski definition) is 3. The average Bonchev–Trinajstić information content (AvgIpc) is 2.55. The molecule has 2 aliphatic carbocycles. The van der Waals surface area contributed by atoms with E-state index >= 15 is 0 Å². The monoisotopic (exact) mass is 221 g/mol. The number of aliphatic hydroxyl groups excluding tert-OH is 2. The Morgan fingerprint density at radius 1 is 1.25 bits per heavy atom. The average molecular weight is 221 g/mol. The van der Waals surface area contributed by atoms with Crippen LogP contribution >= 0.6 is 0 Å². The molecular formula is C13H19NO2. The molecule has 0 aromatic carbocycles. The molecule has 0 saturated carbocycles. The second kappa shape index (κ2) is 3.69. The summed E-state index contributed by atoms with van der Waals surface area (Å²) in [7, 11) is 0. The van der Waals surface area contributed by atoms with Crippen molar-refractivity contribution in [3.63, 3.8) is 0 Å². The highest BCUT2D eigenvalue weighted by Gasteiger charge is 2.52. The molecule has 0 bridgehead atoms. The molecule has 1 fully saturated rings. The fourth-order valence-electron chi connectivity index (χ4n) is 3.56. The van der Waals surface area contributed by atoms with Crippen LogP contribution in [-0.4, -0.2) is 35.5 Å². The van der Waals surface area contributed by atoms with Crippen molar-refractivity contribution < 1.29 is 10.2 Å². The Bertz CT molecular complexity index is 353. The molecule has 3 aliphatic rings. The molecule has 0 aromatic rings. The second-order valence-corrected chi connectivity index (χ2v) is 5.18. The van der Waals surface area contributed by atoms with Gasteiger partial charge in [-0.2, -0.15) is 0 Å². The highest BCUT2D eigenvalue weighted by molar-refractivity contribution is 5.45. The zero-order chi connectivity index (χ0) is 11.2. The molecule has 3 nitrogen and oxygen atoms in total. The van der Waals surface area contributed by atoms with E-state index in [0.717, 1.165) is 44.3 Å². The standard InChI is InChI=1S/C13H19NO2/c15-11-9-3-1-2-4-10(9)13(12(11)16)5-7-14-8-6-13/h2,4,11-12,14-16H,1,3,5-8H2. The van der Waals surface area contributed by atoms with Gasteiger partial charge in [-0.15, -0.1) is 0 Å². The molecule has 0 amide bonds. The highest BCUT2D eigenvalue weighted by atomic mass is 16.3. The second-order valence-electron chi connectivity index (χ2n) is 5.18. The molecule has 88 valence electrons.